The van der Waals surface area contributed by atoms with Crippen molar-refractivity contribution in [1.29, 1.82) is 0 Å². The van der Waals surface area contributed by atoms with E-state index in [-0.39, 0.29) is 11.9 Å². The lowest BCUT2D eigenvalue weighted by Crippen LogP contribution is -2.41. The van der Waals surface area contributed by atoms with E-state index in [0.717, 1.165) is 17.7 Å². The van der Waals surface area contributed by atoms with Crippen LogP contribution in [0.3, 0.4) is 0 Å². The van der Waals surface area contributed by atoms with Crippen molar-refractivity contribution in [2.45, 2.75) is 31.8 Å². The van der Waals surface area contributed by atoms with Gasteiger partial charge in [0.05, 0.1) is 19.2 Å². The molecular weight excluding hydrogens is 256 g/mol. The van der Waals surface area contributed by atoms with Gasteiger partial charge in [0.15, 0.2) is 0 Å². The minimum Gasteiger partial charge on any atom is -0.497 e. The highest BCUT2D eigenvalue weighted by Crippen LogP contribution is 2.17. The molecule has 2 atom stereocenters. The van der Waals surface area contributed by atoms with E-state index in [2.05, 4.69) is 5.32 Å². The SMILES string of the molecule is COCCCC(N)C(=O)N[C@@H](C)c1ccc(OC)cc1. The van der Waals surface area contributed by atoms with Crippen LogP contribution in [0.25, 0.3) is 0 Å². The standard InChI is InChI=1S/C15H24N2O3/c1-11(12-6-8-13(20-3)9-7-12)17-15(18)14(16)5-4-10-19-2/h6-9,11,14H,4-5,10,16H2,1-3H3,(H,17,18)/t11-,14?/m0/s1. The summed E-state index contributed by atoms with van der Waals surface area (Å²) in [6.07, 6.45) is 1.40. The summed E-state index contributed by atoms with van der Waals surface area (Å²) in [5, 5.41) is 2.91. The van der Waals surface area contributed by atoms with Crippen LogP contribution in [0.2, 0.25) is 0 Å². The van der Waals surface area contributed by atoms with Crippen LogP contribution in [-0.2, 0) is 9.53 Å². The molecule has 112 valence electrons. The van der Waals surface area contributed by atoms with Crippen LogP contribution >= 0.6 is 0 Å². The monoisotopic (exact) mass is 280 g/mol. The molecule has 0 heterocycles. The third-order valence-corrected chi connectivity index (χ3v) is 3.17. The highest BCUT2D eigenvalue weighted by Gasteiger charge is 2.16. The molecule has 0 bridgehead atoms. The van der Waals surface area contributed by atoms with E-state index in [1.54, 1.807) is 14.2 Å². The second-order valence-corrected chi connectivity index (χ2v) is 4.74. The van der Waals surface area contributed by atoms with Crippen molar-refractivity contribution in [2.24, 2.45) is 5.73 Å². The van der Waals surface area contributed by atoms with Crippen LogP contribution < -0.4 is 15.8 Å². The molecule has 0 aliphatic carbocycles. The van der Waals surface area contributed by atoms with Crippen LogP contribution in [0.1, 0.15) is 31.4 Å². The minimum absolute atomic E-state index is 0.0816. The van der Waals surface area contributed by atoms with Crippen LogP contribution in [0.5, 0.6) is 5.75 Å². The number of ether oxygens (including phenoxy) is 2. The Kier molecular flexibility index (Phi) is 7.04. The summed E-state index contributed by atoms with van der Waals surface area (Å²) in [6, 6.07) is 7.03. The molecule has 1 aromatic carbocycles. The van der Waals surface area contributed by atoms with Crippen LogP contribution in [0.15, 0.2) is 24.3 Å². The molecule has 20 heavy (non-hydrogen) atoms. The predicted octanol–water partition coefficient (Wildman–Crippen LogP) is 1.63. The molecule has 5 heteroatoms. The van der Waals surface area contributed by atoms with Crippen LogP contribution in [0.4, 0.5) is 0 Å². The average Bonchev–Trinajstić information content (AvgIpc) is 2.47. The lowest BCUT2D eigenvalue weighted by Gasteiger charge is -2.18. The Hall–Kier alpha value is -1.59. The topological polar surface area (TPSA) is 73.6 Å². The van der Waals surface area contributed by atoms with Gasteiger partial charge >= 0.3 is 0 Å². The van der Waals surface area contributed by atoms with Gasteiger partial charge in [0, 0.05) is 13.7 Å². The fraction of sp³-hybridized carbons (Fsp3) is 0.533. The quantitative estimate of drug-likeness (QED) is 0.710. The summed E-state index contributed by atoms with van der Waals surface area (Å²) in [6.45, 7) is 2.55. The van der Waals surface area contributed by atoms with Crippen LogP contribution in [0, 0.1) is 0 Å². The number of hydrogen-bond acceptors (Lipinski definition) is 4. The molecular formula is C15H24N2O3. The van der Waals surface area contributed by atoms with Crippen LogP contribution in [-0.4, -0.2) is 32.8 Å². The fourth-order valence-electron chi connectivity index (χ4n) is 1.88. The summed E-state index contributed by atoms with van der Waals surface area (Å²) in [5.41, 5.74) is 6.86. The highest BCUT2D eigenvalue weighted by molar-refractivity contribution is 5.81. The molecule has 0 spiro atoms. The number of carbonyl (C=O) groups excluding carboxylic acids is 1. The smallest absolute Gasteiger partial charge is 0.237 e. The second-order valence-electron chi connectivity index (χ2n) is 4.74. The number of methoxy groups -OCH3 is 2. The van der Waals surface area contributed by atoms with Crippen molar-refractivity contribution in [1.82, 2.24) is 5.32 Å². The van der Waals surface area contributed by atoms with Gasteiger partial charge in [0.2, 0.25) is 5.91 Å². The summed E-state index contributed by atoms with van der Waals surface area (Å²) in [7, 11) is 3.26. The largest absolute Gasteiger partial charge is 0.497 e. The molecule has 1 unspecified atom stereocenters. The Balaban J connectivity index is 2.47. The van der Waals surface area contributed by atoms with Gasteiger partial charge in [-0.05, 0) is 37.5 Å². The van der Waals surface area contributed by atoms with E-state index in [4.69, 9.17) is 15.2 Å². The third kappa shape index (κ3) is 5.19. The molecule has 1 rings (SSSR count). The summed E-state index contributed by atoms with van der Waals surface area (Å²) >= 11 is 0. The van der Waals surface area contributed by atoms with Gasteiger partial charge in [-0.15, -0.1) is 0 Å². The van der Waals surface area contributed by atoms with Gasteiger partial charge in [0.25, 0.3) is 0 Å². The fourth-order valence-corrected chi connectivity index (χ4v) is 1.88. The van der Waals surface area contributed by atoms with E-state index in [0.29, 0.717) is 13.0 Å². The molecule has 0 saturated carbocycles. The molecule has 1 amide bonds. The predicted molar refractivity (Wildman–Crippen MR) is 78.6 cm³/mol. The van der Waals surface area contributed by atoms with Crippen molar-refractivity contribution in [3.63, 3.8) is 0 Å². The maximum atomic E-state index is 11.9. The molecule has 0 saturated heterocycles. The zero-order chi connectivity index (χ0) is 15.0. The first-order valence-corrected chi connectivity index (χ1v) is 6.77. The minimum atomic E-state index is -0.495. The number of amides is 1. The van der Waals surface area contributed by atoms with Gasteiger partial charge in [0.1, 0.15) is 5.75 Å². The van der Waals surface area contributed by atoms with E-state index in [9.17, 15) is 4.79 Å². The van der Waals surface area contributed by atoms with Gasteiger partial charge in [-0.1, -0.05) is 12.1 Å². The molecule has 0 fully saturated rings. The van der Waals surface area contributed by atoms with E-state index in [1.807, 2.05) is 31.2 Å². The Morgan fingerprint density at radius 1 is 1.30 bits per heavy atom. The maximum Gasteiger partial charge on any atom is 0.237 e. The molecule has 0 radical (unpaired) electrons. The molecule has 5 nitrogen and oxygen atoms in total. The van der Waals surface area contributed by atoms with Gasteiger partial charge < -0.3 is 20.5 Å². The maximum absolute atomic E-state index is 11.9. The number of rotatable bonds is 8. The molecule has 1 aromatic rings. The zero-order valence-corrected chi connectivity index (χ0v) is 12.4. The first-order valence-electron chi connectivity index (χ1n) is 6.77. The Morgan fingerprint density at radius 2 is 1.95 bits per heavy atom. The van der Waals surface area contributed by atoms with Crippen molar-refractivity contribution >= 4 is 5.91 Å². The van der Waals surface area contributed by atoms with Crippen molar-refractivity contribution in [3.8, 4) is 5.75 Å². The zero-order valence-electron chi connectivity index (χ0n) is 12.4. The van der Waals surface area contributed by atoms with Crippen molar-refractivity contribution < 1.29 is 14.3 Å². The number of nitrogens with two attached hydrogens (primary N) is 1. The highest BCUT2D eigenvalue weighted by atomic mass is 16.5. The van der Waals surface area contributed by atoms with E-state index < -0.39 is 6.04 Å². The molecule has 0 aliphatic heterocycles. The number of nitrogens with one attached hydrogen (secondary N) is 1. The Labute approximate surface area is 120 Å². The molecule has 0 aliphatic rings. The third-order valence-electron chi connectivity index (χ3n) is 3.17. The van der Waals surface area contributed by atoms with Gasteiger partial charge in [-0.25, -0.2) is 0 Å². The second kappa shape index (κ2) is 8.55. The first kappa shape index (κ1) is 16.5. The van der Waals surface area contributed by atoms with Crippen molar-refractivity contribution in [3.05, 3.63) is 29.8 Å². The lowest BCUT2D eigenvalue weighted by atomic mass is 10.1. The first-order chi connectivity index (χ1) is 9.58. The summed E-state index contributed by atoms with van der Waals surface area (Å²) < 4.78 is 10.0. The summed E-state index contributed by atoms with van der Waals surface area (Å²) in [4.78, 5) is 11.9. The average molecular weight is 280 g/mol. The normalized spacial score (nSPS) is 13.6. The number of carbonyl (C=O) groups is 1. The lowest BCUT2D eigenvalue weighted by molar-refractivity contribution is -0.123. The Morgan fingerprint density at radius 3 is 2.50 bits per heavy atom. The van der Waals surface area contributed by atoms with Gasteiger partial charge in [-0.2, -0.15) is 0 Å². The van der Waals surface area contributed by atoms with Crippen molar-refractivity contribution in [2.75, 3.05) is 20.8 Å². The van der Waals surface area contributed by atoms with Gasteiger partial charge in [-0.3, -0.25) is 4.79 Å². The molecule has 3 N–H and O–H groups in total. The number of hydrogen-bond donors (Lipinski definition) is 2. The summed E-state index contributed by atoms with van der Waals surface area (Å²) in [5.74, 6) is 0.660. The van der Waals surface area contributed by atoms with E-state index >= 15 is 0 Å². The number of benzene rings is 1. The van der Waals surface area contributed by atoms with E-state index in [1.165, 1.54) is 0 Å². The molecule has 0 aromatic heterocycles. The Bertz CT molecular complexity index is 406.